The second-order valence-electron chi connectivity index (χ2n) is 5.03. The molecule has 5 heteroatoms. The normalized spacial score (nSPS) is 16.8. The predicted octanol–water partition coefficient (Wildman–Crippen LogP) is 4.09. The van der Waals surface area contributed by atoms with Gasteiger partial charge in [-0.1, -0.05) is 34.1 Å². The van der Waals surface area contributed by atoms with E-state index in [1.165, 1.54) is 10.4 Å². The molecular weight excluding hydrogens is 350 g/mol. The second-order valence-corrected chi connectivity index (χ2v) is 7.05. The van der Waals surface area contributed by atoms with Crippen LogP contribution in [0, 0.1) is 0 Å². The van der Waals surface area contributed by atoms with E-state index in [-0.39, 0.29) is 11.9 Å². The van der Waals surface area contributed by atoms with Crippen molar-refractivity contribution in [1.29, 1.82) is 0 Å². The first kappa shape index (κ1) is 14.7. The number of esters is 1. The molecule has 1 aromatic carbocycles. The van der Waals surface area contributed by atoms with Crippen LogP contribution in [-0.4, -0.2) is 17.6 Å². The van der Waals surface area contributed by atoms with E-state index in [1.807, 2.05) is 25.1 Å². The van der Waals surface area contributed by atoms with E-state index in [2.05, 4.69) is 22.0 Å². The maximum atomic E-state index is 12.0. The Balaban J connectivity index is 1.81. The van der Waals surface area contributed by atoms with Gasteiger partial charge >= 0.3 is 5.97 Å². The van der Waals surface area contributed by atoms with E-state index in [0.29, 0.717) is 6.61 Å². The molecule has 1 unspecified atom stereocenters. The summed E-state index contributed by atoms with van der Waals surface area (Å²) in [6.45, 7) is 2.27. The van der Waals surface area contributed by atoms with Crippen LogP contribution in [0.25, 0.3) is 0 Å². The Morgan fingerprint density at radius 3 is 3.05 bits per heavy atom. The van der Waals surface area contributed by atoms with Gasteiger partial charge in [0, 0.05) is 15.8 Å². The zero-order valence-electron chi connectivity index (χ0n) is 11.8. The zero-order chi connectivity index (χ0) is 14.8. The van der Waals surface area contributed by atoms with E-state index in [0.717, 1.165) is 34.4 Å². The monoisotopic (exact) mass is 365 g/mol. The van der Waals surface area contributed by atoms with Crippen LogP contribution in [0.5, 0.6) is 0 Å². The van der Waals surface area contributed by atoms with Crippen molar-refractivity contribution in [2.45, 2.75) is 32.1 Å². The van der Waals surface area contributed by atoms with Gasteiger partial charge in [-0.05, 0) is 31.4 Å². The summed E-state index contributed by atoms with van der Waals surface area (Å²) in [5.41, 5.74) is 2.16. The van der Waals surface area contributed by atoms with E-state index in [9.17, 15) is 4.79 Å². The van der Waals surface area contributed by atoms with Crippen molar-refractivity contribution in [2.75, 3.05) is 6.61 Å². The van der Waals surface area contributed by atoms with Crippen LogP contribution in [0.1, 0.15) is 40.4 Å². The number of halogens is 1. The lowest BCUT2D eigenvalue weighted by Gasteiger charge is -2.08. The molecule has 0 bridgehead atoms. The van der Waals surface area contributed by atoms with Crippen molar-refractivity contribution in [3.05, 3.63) is 49.9 Å². The molecule has 21 heavy (non-hydrogen) atoms. The van der Waals surface area contributed by atoms with Crippen molar-refractivity contribution in [1.82, 2.24) is 4.98 Å². The molecular formula is C16H16BrNO2S. The standard InChI is InChI=1S/C16H16BrNO2S/c1-2-20-16(19)11-7-8-13-15(11)18-14(21-13)9-10-5-3-4-6-12(10)17/h3-6,11H,2,7-9H2,1H3. The Hall–Kier alpha value is -1.20. The molecule has 1 aliphatic rings. The van der Waals surface area contributed by atoms with E-state index in [1.54, 1.807) is 11.3 Å². The topological polar surface area (TPSA) is 39.2 Å². The van der Waals surface area contributed by atoms with E-state index >= 15 is 0 Å². The van der Waals surface area contributed by atoms with Gasteiger partial charge in [-0.15, -0.1) is 11.3 Å². The molecule has 0 saturated heterocycles. The molecule has 0 spiro atoms. The third-order valence-electron chi connectivity index (χ3n) is 3.63. The number of rotatable bonds is 4. The molecule has 0 amide bonds. The Morgan fingerprint density at radius 2 is 2.29 bits per heavy atom. The quantitative estimate of drug-likeness (QED) is 0.766. The number of carbonyl (C=O) groups is 1. The minimum absolute atomic E-state index is 0.131. The number of ether oxygens (including phenoxy) is 1. The van der Waals surface area contributed by atoms with Crippen molar-refractivity contribution in [3.8, 4) is 0 Å². The highest BCUT2D eigenvalue weighted by Crippen LogP contribution is 2.38. The fourth-order valence-corrected chi connectivity index (χ4v) is 4.22. The second kappa shape index (κ2) is 6.28. The van der Waals surface area contributed by atoms with Gasteiger partial charge in [-0.3, -0.25) is 4.79 Å². The van der Waals surface area contributed by atoms with E-state index < -0.39 is 0 Å². The molecule has 110 valence electrons. The lowest BCUT2D eigenvalue weighted by atomic mass is 10.1. The number of benzene rings is 1. The Kier molecular flexibility index (Phi) is 4.40. The van der Waals surface area contributed by atoms with Gasteiger partial charge in [-0.2, -0.15) is 0 Å². The van der Waals surface area contributed by atoms with Crippen LogP contribution in [0.3, 0.4) is 0 Å². The van der Waals surface area contributed by atoms with Crippen LogP contribution < -0.4 is 0 Å². The van der Waals surface area contributed by atoms with Gasteiger partial charge in [0.2, 0.25) is 0 Å². The minimum atomic E-state index is -0.163. The van der Waals surface area contributed by atoms with Gasteiger partial charge in [0.15, 0.2) is 0 Å². The summed E-state index contributed by atoms with van der Waals surface area (Å²) in [5, 5.41) is 1.07. The molecule has 0 aliphatic heterocycles. The SMILES string of the molecule is CCOC(=O)C1CCc2sc(Cc3ccccc3Br)nc21. The molecule has 3 rings (SSSR count). The van der Waals surface area contributed by atoms with Crippen molar-refractivity contribution < 1.29 is 9.53 Å². The van der Waals surface area contributed by atoms with Crippen LogP contribution >= 0.6 is 27.3 Å². The van der Waals surface area contributed by atoms with Crippen LogP contribution in [0.15, 0.2) is 28.7 Å². The van der Waals surface area contributed by atoms with Gasteiger partial charge < -0.3 is 4.74 Å². The molecule has 1 aliphatic carbocycles. The van der Waals surface area contributed by atoms with Crippen LogP contribution in [0.2, 0.25) is 0 Å². The Labute approximate surface area is 136 Å². The summed E-state index contributed by atoms with van der Waals surface area (Å²) in [5.74, 6) is -0.293. The third-order valence-corrected chi connectivity index (χ3v) is 5.54. The fraction of sp³-hybridized carbons (Fsp3) is 0.375. The molecule has 0 saturated carbocycles. The number of carbonyl (C=O) groups excluding carboxylic acids is 1. The highest BCUT2D eigenvalue weighted by atomic mass is 79.9. The zero-order valence-corrected chi connectivity index (χ0v) is 14.2. The molecule has 1 aromatic heterocycles. The molecule has 3 nitrogen and oxygen atoms in total. The van der Waals surface area contributed by atoms with Crippen molar-refractivity contribution >= 4 is 33.2 Å². The predicted molar refractivity (Wildman–Crippen MR) is 86.8 cm³/mol. The number of nitrogens with zero attached hydrogens (tertiary/aromatic N) is 1. The van der Waals surface area contributed by atoms with Gasteiger partial charge in [0.1, 0.15) is 5.92 Å². The van der Waals surface area contributed by atoms with Gasteiger partial charge in [0.25, 0.3) is 0 Å². The van der Waals surface area contributed by atoms with Crippen LogP contribution in [0.4, 0.5) is 0 Å². The van der Waals surface area contributed by atoms with Gasteiger partial charge in [-0.25, -0.2) is 4.98 Å². The summed E-state index contributed by atoms with van der Waals surface area (Å²) in [6.07, 6.45) is 2.57. The Bertz CT molecular complexity index is 668. The molecule has 0 N–H and O–H groups in total. The maximum Gasteiger partial charge on any atom is 0.315 e. The largest absolute Gasteiger partial charge is 0.465 e. The number of thiazole rings is 1. The lowest BCUT2D eigenvalue weighted by molar-refractivity contribution is -0.145. The highest BCUT2D eigenvalue weighted by molar-refractivity contribution is 9.10. The summed E-state index contributed by atoms with van der Waals surface area (Å²) in [4.78, 5) is 17.9. The van der Waals surface area contributed by atoms with Crippen molar-refractivity contribution in [3.63, 3.8) is 0 Å². The van der Waals surface area contributed by atoms with Crippen molar-refractivity contribution in [2.24, 2.45) is 0 Å². The first-order chi connectivity index (χ1) is 10.2. The molecule has 0 radical (unpaired) electrons. The summed E-state index contributed by atoms with van der Waals surface area (Å²) in [7, 11) is 0. The number of fused-ring (bicyclic) bond motifs is 1. The number of aromatic nitrogens is 1. The highest BCUT2D eigenvalue weighted by Gasteiger charge is 2.33. The first-order valence-electron chi connectivity index (χ1n) is 7.07. The maximum absolute atomic E-state index is 12.0. The average molecular weight is 366 g/mol. The average Bonchev–Trinajstić information content (AvgIpc) is 3.01. The molecule has 2 aromatic rings. The van der Waals surface area contributed by atoms with Crippen LogP contribution in [-0.2, 0) is 22.4 Å². The molecule has 1 heterocycles. The summed E-state index contributed by atoms with van der Waals surface area (Å²) >= 11 is 5.29. The Morgan fingerprint density at radius 1 is 1.48 bits per heavy atom. The van der Waals surface area contributed by atoms with Gasteiger partial charge in [0.05, 0.1) is 17.3 Å². The fourth-order valence-electron chi connectivity index (χ4n) is 2.63. The summed E-state index contributed by atoms with van der Waals surface area (Å²) in [6, 6.07) is 8.17. The molecule has 1 atom stereocenters. The summed E-state index contributed by atoms with van der Waals surface area (Å²) < 4.78 is 6.25. The smallest absolute Gasteiger partial charge is 0.315 e. The first-order valence-corrected chi connectivity index (χ1v) is 8.68. The number of hydrogen-bond donors (Lipinski definition) is 0. The molecule has 0 fully saturated rings. The lowest BCUT2D eigenvalue weighted by Crippen LogP contribution is -2.14. The number of aryl methyl sites for hydroxylation is 1. The third kappa shape index (κ3) is 3.04. The van der Waals surface area contributed by atoms with E-state index in [4.69, 9.17) is 9.72 Å². The number of hydrogen-bond acceptors (Lipinski definition) is 4. The minimum Gasteiger partial charge on any atom is -0.465 e.